The minimum atomic E-state index is -0.290. The third-order valence-corrected chi connectivity index (χ3v) is 6.76. The largest absolute Gasteiger partial charge is 0.453 e. The molecule has 2 aromatic carbocycles. The van der Waals surface area contributed by atoms with Crippen molar-refractivity contribution < 1.29 is 14.4 Å². The number of carbonyl (C=O) groups excluding carboxylic acids is 1. The van der Waals surface area contributed by atoms with E-state index in [4.69, 9.17) is 26.3 Å². The molecule has 8 nitrogen and oxygen atoms in total. The summed E-state index contributed by atoms with van der Waals surface area (Å²) in [6.07, 6.45) is 5.17. The SMILES string of the molecule is COC(=O)N1CCC(c2cn(OCc3ccccc3)nc2-c2cn(Cc3ccccc3)c(Cl)n2)CC1. The first-order valence-corrected chi connectivity index (χ1v) is 12.3. The molecule has 0 aliphatic carbocycles. The van der Waals surface area contributed by atoms with Crippen LogP contribution in [-0.2, 0) is 17.9 Å². The molecule has 0 bridgehead atoms. The lowest BCUT2D eigenvalue weighted by Gasteiger charge is -2.30. The van der Waals surface area contributed by atoms with E-state index < -0.39 is 0 Å². The maximum absolute atomic E-state index is 12.0. The van der Waals surface area contributed by atoms with Gasteiger partial charge in [-0.05, 0) is 41.5 Å². The third-order valence-electron chi connectivity index (χ3n) is 6.46. The number of halogens is 1. The number of piperidine rings is 1. The number of aromatic nitrogens is 4. The molecular weight excluding hydrogens is 478 g/mol. The van der Waals surface area contributed by atoms with Crippen LogP contribution in [0.4, 0.5) is 4.79 Å². The van der Waals surface area contributed by atoms with Crippen molar-refractivity contribution in [2.24, 2.45) is 0 Å². The van der Waals surface area contributed by atoms with Crippen LogP contribution in [0.1, 0.15) is 35.4 Å². The van der Waals surface area contributed by atoms with E-state index in [0.29, 0.717) is 37.2 Å². The Hall–Kier alpha value is -3.78. The lowest BCUT2D eigenvalue weighted by molar-refractivity contribution is 0.0701. The molecule has 186 valence electrons. The van der Waals surface area contributed by atoms with Crippen LogP contribution in [0.5, 0.6) is 0 Å². The standard InChI is InChI=1S/C27H28ClN5O3/c1-35-27(34)31-14-12-22(13-15-31)23-17-33(36-19-21-10-6-3-7-11-21)30-25(23)24-18-32(26(28)29-24)16-20-8-4-2-5-9-20/h2-11,17-18,22H,12-16,19H2,1H3. The maximum Gasteiger partial charge on any atom is 0.409 e. The first-order valence-electron chi connectivity index (χ1n) is 12.0. The van der Waals surface area contributed by atoms with E-state index in [1.165, 1.54) is 12.0 Å². The van der Waals surface area contributed by atoms with E-state index in [-0.39, 0.29) is 12.0 Å². The summed E-state index contributed by atoms with van der Waals surface area (Å²) < 4.78 is 6.81. The van der Waals surface area contributed by atoms with Crippen LogP contribution in [0.25, 0.3) is 11.4 Å². The Kier molecular flexibility index (Phi) is 7.23. The molecule has 2 aromatic heterocycles. The van der Waals surface area contributed by atoms with Gasteiger partial charge >= 0.3 is 6.09 Å². The van der Waals surface area contributed by atoms with Gasteiger partial charge in [-0.2, -0.15) is 0 Å². The van der Waals surface area contributed by atoms with Crippen LogP contribution < -0.4 is 4.84 Å². The summed E-state index contributed by atoms with van der Waals surface area (Å²) in [4.78, 5) is 25.8. The van der Waals surface area contributed by atoms with E-state index in [1.54, 1.807) is 4.90 Å². The van der Waals surface area contributed by atoms with Crippen LogP contribution in [0.15, 0.2) is 73.1 Å². The van der Waals surface area contributed by atoms with Crippen molar-refractivity contribution in [1.82, 2.24) is 24.4 Å². The molecule has 0 radical (unpaired) electrons. The van der Waals surface area contributed by atoms with E-state index >= 15 is 0 Å². The number of hydrogen-bond donors (Lipinski definition) is 0. The zero-order valence-corrected chi connectivity index (χ0v) is 20.8. The molecule has 0 saturated carbocycles. The summed E-state index contributed by atoms with van der Waals surface area (Å²) in [5, 5.41) is 5.16. The summed E-state index contributed by atoms with van der Waals surface area (Å²) >= 11 is 6.53. The van der Waals surface area contributed by atoms with E-state index in [2.05, 4.69) is 17.1 Å². The van der Waals surface area contributed by atoms with Gasteiger partial charge in [0.1, 0.15) is 18.0 Å². The molecule has 1 amide bonds. The summed E-state index contributed by atoms with van der Waals surface area (Å²) in [5.41, 5.74) is 4.67. The molecule has 0 N–H and O–H groups in total. The monoisotopic (exact) mass is 505 g/mol. The van der Waals surface area contributed by atoms with Crippen LogP contribution in [0, 0.1) is 0 Å². The lowest BCUT2D eigenvalue weighted by atomic mass is 9.89. The van der Waals surface area contributed by atoms with Gasteiger partial charge in [0.25, 0.3) is 0 Å². The minimum Gasteiger partial charge on any atom is -0.453 e. The zero-order valence-electron chi connectivity index (χ0n) is 20.1. The highest BCUT2D eigenvalue weighted by molar-refractivity contribution is 6.28. The van der Waals surface area contributed by atoms with E-state index in [1.807, 2.05) is 65.5 Å². The van der Waals surface area contributed by atoms with E-state index in [9.17, 15) is 4.79 Å². The quantitative estimate of drug-likeness (QED) is 0.352. The summed E-state index contributed by atoms with van der Waals surface area (Å²) in [6.45, 7) is 2.25. The molecule has 0 unspecified atom stereocenters. The topological polar surface area (TPSA) is 74.4 Å². The number of hydrogen-bond acceptors (Lipinski definition) is 5. The fourth-order valence-corrected chi connectivity index (χ4v) is 4.74. The normalized spacial score (nSPS) is 14.1. The number of nitrogens with zero attached hydrogens (tertiary/aromatic N) is 5. The van der Waals surface area contributed by atoms with Crippen LogP contribution >= 0.6 is 11.6 Å². The van der Waals surface area contributed by atoms with Crippen molar-refractivity contribution in [1.29, 1.82) is 0 Å². The number of methoxy groups -OCH3 is 1. The Morgan fingerprint density at radius 1 is 1.00 bits per heavy atom. The number of ether oxygens (including phenoxy) is 1. The summed E-state index contributed by atoms with van der Waals surface area (Å²) in [7, 11) is 1.41. The van der Waals surface area contributed by atoms with Crippen molar-refractivity contribution in [2.75, 3.05) is 20.2 Å². The van der Waals surface area contributed by atoms with Crippen molar-refractivity contribution in [3.05, 3.63) is 95.0 Å². The van der Waals surface area contributed by atoms with Crippen LogP contribution in [0.2, 0.25) is 5.28 Å². The third kappa shape index (κ3) is 5.39. The molecule has 1 fully saturated rings. The van der Waals surface area contributed by atoms with Gasteiger partial charge in [0.2, 0.25) is 5.28 Å². The van der Waals surface area contributed by atoms with Gasteiger partial charge in [-0.1, -0.05) is 60.7 Å². The van der Waals surface area contributed by atoms with Crippen molar-refractivity contribution >= 4 is 17.7 Å². The summed E-state index contributed by atoms with van der Waals surface area (Å²) in [6, 6.07) is 20.1. The number of benzene rings is 2. The predicted octanol–water partition coefficient (Wildman–Crippen LogP) is 5.02. The number of imidazole rings is 1. The minimum absolute atomic E-state index is 0.202. The molecule has 36 heavy (non-hydrogen) atoms. The van der Waals surface area contributed by atoms with Gasteiger partial charge in [-0.15, -0.1) is 9.94 Å². The van der Waals surface area contributed by atoms with Crippen LogP contribution in [0.3, 0.4) is 0 Å². The maximum atomic E-state index is 12.0. The van der Waals surface area contributed by atoms with Crippen molar-refractivity contribution in [3.8, 4) is 11.4 Å². The van der Waals surface area contributed by atoms with Gasteiger partial charge < -0.3 is 19.0 Å². The molecule has 9 heteroatoms. The molecule has 0 atom stereocenters. The Bertz CT molecular complexity index is 1300. The number of carbonyl (C=O) groups is 1. The second-order valence-corrected chi connectivity index (χ2v) is 9.17. The van der Waals surface area contributed by atoms with Crippen molar-refractivity contribution in [2.45, 2.75) is 31.9 Å². The predicted molar refractivity (Wildman–Crippen MR) is 137 cm³/mol. The van der Waals surface area contributed by atoms with Gasteiger partial charge in [-0.3, -0.25) is 0 Å². The van der Waals surface area contributed by atoms with Gasteiger partial charge in [0, 0.05) is 31.4 Å². The number of amides is 1. The highest BCUT2D eigenvalue weighted by Crippen LogP contribution is 2.35. The molecule has 1 saturated heterocycles. The first-order chi connectivity index (χ1) is 17.6. The molecular formula is C27H28ClN5O3. The molecule has 4 aromatic rings. The second kappa shape index (κ2) is 10.9. The second-order valence-electron chi connectivity index (χ2n) is 8.83. The number of rotatable bonds is 7. The zero-order chi connectivity index (χ0) is 24.9. The van der Waals surface area contributed by atoms with Gasteiger partial charge in [0.15, 0.2) is 0 Å². The Balaban J connectivity index is 1.41. The average molecular weight is 506 g/mol. The molecule has 1 aliphatic heterocycles. The molecule has 0 spiro atoms. The fraction of sp³-hybridized carbons (Fsp3) is 0.296. The molecule has 1 aliphatic rings. The Morgan fingerprint density at radius 3 is 2.33 bits per heavy atom. The number of likely N-dealkylation sites (tertiary alicyclic amines) is 1. The highest BCUT2D eigenvalue weighted by Gasteiger charge is 2.29. The molecule has 5 rings (SSSR count). The van der Waals surface area contributed by atoms with Crippen molar-refractivity contribution in [3.63, 3.8) is 0 Å². The van der Waals surface area contributed by atoms with Gasteiger partial charge in [-0.25, -0.2) is 9.78 Å². The van der Waals surface area contributed by atoms with Gasteiger partial charge in [0.05, 0.1) is 13.3 Å². The Labute approximate surface area is 215 Å². The lowest BCUT2D eigenvalue weighted by Crippen LogP contribution is -2.37. The average Bonchev–Trinajstić information content (AvgIpc) is 3.51. The highest BCUT2D eigenvalue weighted by atomic mass is 35.5. The van der Waals surface area contributed by atoms with Crippen LogP contribution in [-0.4, -0.2) is 50.7 Å². The molecule has 3 heterocycles. The smallest absolute Gasteiger partial charge is 0.409 e. The first kappa shape index (κ1) is 23.9. The van der Waals surface area contributed by atoms with E-state index in [0.717, 1.165) is 35.2 Å². The summed E-state index contributed by atoms with van der Waals surface area (Å²) in [5.74, 6) is 0.202. The fourth-order valence-electron chi connectivity index (χ4n) is 4.54. The Morgan fingerprint density at radius 2 is 1.67 bits per heavy atom.